The highest BCUT2D eigenvalue weighted by molar-refractivity contribution is 5.71. The van der Waals surface area contributed by atoms with Gasteiger partial charge in [0.25, 0.3) is 0 Å². The van der Waals surface area contributed by atoms with Crippen LogP contribution < -0.4 is 4.74 Å². The van der Waals surface area contributed by atoms with Gasteiger partial charge >= 0.3 is 11.9 Å². The predicted molar refractivity (Wildman–Crippen MR) is 131 cm³/mol. The molecule has 9 heteroatoms. The van der Waals surface area contributed by atoms with E-state index in [9.17, 15) is 19.8 Å². The van der Waals surface area contributed by atoms with Crippen LogP contribution in [0.1, 0.15) is 50.2 Å². The van der Waals surface area contributed by atoms with Crippen LogP contribution in [0.25, 0.3) is 0 Å². The van der Waals surface area contributed by atoms with E-state index in [1.54, 1.807) is 0 Å². The molecule has 3 N–H and O–H groups in total. The Hall–Kier alpha value is -2.20. The number of carbonyl (C=O) groups excluding carboxylic acids is 1. The van der Waals surface area contributed by atoms with Crippen molar-refractivity contribution in [2.24, 2.45) is 17.8 Å². The third-order valence-corrected chi connectivity index (χ3v) is 7.32. The Labute approximate surface area is 212 Å². The molecule has 36 heavy (non-hydrogen) atoms. The van der Waals surface area contributed by atoms with Crippen LogP contribution in [0.15, 0.2) is 18.2 Å². The maximum atomic E-state index is 12.1. The standard InChI is InChI=1S/C27H40O9/c1-2-20(28)6-7-21-22-14-18-4-3-5-25(23(18)15-19(22)16-24(21)29)36-17-27(32)35-13-12-34-11-10-33-9-8-26(30)31/h3-5,19-22,24,28-29H,2,6-17H2,1H3,(H,30,31)/t19-,20-,21+,22-,24+/m0/s1. The minimum absolute atomic E-state index is 0.0456. The molecule has 2 aliphatic carbocycles. The first-order chi connectivity index (χ1) is 17.4. The number of aliphatic hydroxyl groups excluding tert-OH is 2. The average Bonchev–Trinajstić information content (AvgIpc) is 3.16. The van der Waals surface area contributed by atoms with E-state index in [2.05, 4.69) is 6.07 Å². The van der Waals surface area contributed by atoms with Crippen molar-refractivity contribution in [2.45, 2.75) is 64.1 Å². The molecule has 1 fully saturated rings. The lowest BCUT2D eigenvalue weighted by Gasteiger charge is -2.32. The summed E-state index contributed by atoms with van der Waals surface area (Å²) in [7, 11) is 0. The molecule has 0 saturated heterocycles. The van der Waals surface area contributed by atoms with E-state index in [-0.39, 0.29) is 57.6 Å². The van der Waals surface area contributed by atoms with Gasteiger partial charge in [0.2, 0.25) is 0 Å². The number of esters is 1. The third-order valence-electron chi connectivity index (χ3n) is 7.32. The average molecular weight is 509 g/mol. The molecule has 0 amide bonds. The van der Waals surface area contributed by atoms with E-state index in [1.807, 2.05) is 19.1 Å². The van der Waals surface area contributed by atoms with E-state index in [0.717, 1.165) is 44.1 Å². The van der Waals surface area contributed by atoms with Gasteiger partial charge in [-0.05, 0) is 73.5 Å². The lowest BCUT2D eigenvalue weighted by molar-refractivity contribution is -0.147. The highest BCUT2D eigenvalue weighted by Crippen LogP contribution is 2.48. The van der Waals surface area contributed by atoms with Crippen molar-refractivity contribution < 1.29 is 43.9 Å². The lowest BCUT2D eigenvalue weighted by Crippen LogP contribution is -2.28. The molecule has 1 aromatic carbocycles. The maximum Gasteiger partial charge on any atom is 0.344 e. The Morgan fingerprint density at radius 3 is 2.58 bits per heavy atom. The Morgan fingerprint density at radius 2 is 1.83 bits per heavy atom. The smallest absolute Gasteiger partial charge is 0.344 e. The molecular formula is C27H40O9. The van der Waals surface area contributed by atoms with Gasteiger partial charge in [-0.15, -0.1) is 0 Å². The summed E-state index contributed by atoms with van der Waals surface area (Å²) in [5, 5.41) is 29.2. The number of fused-ring (bicyclic) bond motifs is 2. The Kier molecular flexibility index (Phi) is 11.4. The molecule has 3 rings (SSSR count). The quantitative estimate of drug-likeness (QED) is 0.227. The molecule has 202 valence electrons. The highest BCUT2D eigenvalue weighted by Gasteiger charge is 2.44. The molecule has 0 aliphatic heterocycles. The fraction of sp³-hybridized carbons (Fsp3) is 0.704. The number of benzene rings is 1. The monoisotopic (exact) mass is 508 g/mol. The van der Waals surface area contributed by atoms with Gasteiger partial charge in [0.05, 0.1) is 45.1 Å². The van der Waals surface area contributed by atoms with E-state index in [0.29, 0.717) is 24.2 Å². The Bertz CT molecular complexity index is 843. The van der Waals surface area contributed by atoms with E-state index in [1.165, 1.54) is 5.56 Å². The van der Waals surface area contributed by atoms with Gasteiger partial charge in [-0.3, -0.25) is 4.79 Å². The van der Waals surface area contributed by atoms with Crippen LogP contribution in [0.3, 0.4) is 0 Å². The minimum Gasteiger partial charge on any atom is -0.482 e. The van der Waals surface area contributed by atoms with Crippen LogP contribution in [0, 0.1) is 17.8 Å². The number of hydrogen-bond donors (Lipinski definition) is 3. The van der Waals surface area contributed by atoms with Gasteiger partial charge in [-0.25, -0.2) is 4.79 Å². The second kappa shape index (κ2) is 14.5. The van der Waals surface area contributed by atoms with E-state index >= 15 is 0 Å². The summed E-state index contributed by atoms with van der Waals surface area (Å²) < 4.78 is 21.4. The van der Waals surface area contributed by atoms with Crippen molar-refractivity contribution >= 4 is 11.9 Å². The van der Waals surface area contributed by atoms with Crippen LogP contribution in [-0.2, 0) is 36.6 Å². The molecule has 9 nitrogen and oxygen atoms in total. The summed E-state index contributed by atoms with van der Waals surface area (Å²) >= 11 is 0. The molecule has 0 heterocycles. The summed E-state index contributed by atoms with van der Waals surface area (Å²) in [4.78, 5) is 22.5. The topological polar surface area (TPSA) is 132 Å². The molecule has 2 aliphatic rings. The van der Waals surface area contributed by atoms with Crippen LogP contribution >= 0.6 is 0 Å². The lowest BCUT2D eigenvalue weighted by atomic mass is 9.73. The van der Waals surface area contributed by atoms with E-state index in [4.69, 9.17) is 24.1 Å². The molecule has 0 spiro atoms. The summed E-state index contributed by atoms with van der Waals surface area (Å²) in [5.41, 5.74) is 2.32. The zero-order valence-corrected chi connectivity index (χ0v) is 21.1. The van der Waals surface area contributed by atoms with E-state index < -0.39 is 11.9 Å². The van der Waals surface area contributed by atoms with Crippen molar-refractivity contribution in [3.05, 3.63) is 29.3 Å². The minimum atomic E-state index is -0.907. The number of aliphatic hydroxyl groups is 2. The number of carbonyl (C=O) groups is 2. The second-order valence-electron chi connectivity index (χ2n) is 9.71. The van der Waals surface area contributed by atoms with Crippen LogP contribution in [0.2, 0.25) is 0 Å². The number of ether oxygens (including phenoxy) is 4. The molecule has 0 unspecified atom stereocenters. The van der Waals surface area contributed by atoms with Gasteiger partial charge in [0.15, 0.2) is 6.61 Å². The first-order valence-corrected chi connectivity index (χ1v) is 13.0. The summed E-state index contributed by atoms with van der Waals surface area (Å²) in [5.74, 6) is 0.293. The SMILES string of the molecule is CC[C@H](O)CC[C@@H]1[C@H]2Cc3cccc(OCC(=O)OCCOCCOCCC(=O)O)c3C[C@H]2C[C@H]1O. The number of rotatable bonds is 16. The van der Waals surface area contributed by atoms with Gasteiger partial charge in [-0.1, -0.05) is 19.1 Å². The molecule has 5 atom stereocenters. The number of aliphatic carboxylic acids is 1. The normalized spacial score (nSPS) is 23.5. The second-order valence-corrected chi connectivity index (χ2v) is 9.71. The zero-order chi connectivity index (χ0) is 25.9. The summed E-state index contributed by atoms with van der Waals surface area (Å²) in [6.45, 7) is 2.82. The summed E-state index contributed by atoms with van der Waals surface area (Å²) in [6.07, 6.45) is 4.08. The number of carboxylic acids is 1. The molecule has 0 aromatic heterocycles. The third kappa shape index (κ3) is 8.44. The highest BCUT2D eigenvalue weighted by atomic mass is 16.6. The first-order valence-electron chi connectivity index (χ1n) is 13.0. The molecule has 1 saturated carbocycles. The number of hydrogen-bond acceptors (Lipinski definition) is 8. The van der Waals surface area contributed by atoms with Gasteiger partial charge < -0.3 is 34.3 Å². The van der Waals surface area contributed by atoms with Crippen molar-refractivity contribution in [2.75, 3.05) is 39.6 Å². The van der Waals surface area contributed by atoms with Crippen LogP contribution in [0.5, 0.6) is 5.75 Å². The molecule has 1 aromatic rings. The molecule has 0 bridgehead atoms. The Morgan fingerprint density at radius 1 is 1.08 bits per heavy atom. The van der Waals surface area contributed by atoms with Crippen LogP contribution in [0.4, 0.5) is 0 Å². The van der Waals surface area contributed by atoms with Gasteiger partial charge in [0.1, 0.15) is 12.4 Å². The van der Waals surface area contributed by atoms with Gasteiger partial charge in [-0.2, -0.15) is 0 Å². The van der Waals surface area contributed by atoms with Crippen LogP contribution in [-0.4, -0.2) is 79.1 Å². The molecular weight excluding hydrogens is 468 g/mol. The summed E-state index contributed by atoms with van der Waals surface area (Å²) in [6, 6.07) is 5.91. The molecule has 0 radical (unpaired) electrons. The first kappa shape index (κ1) is 28.4. The van der Waals surface area contributed by atoms with Crippen molar-refractivity contribution in [3.8, 4) is 5.75 Å². The predicted octanol–water partition coefficient (Wildman–Crippen LogP) is 2.38. The van der Waals surface area contributed by atoms with Gasteiger partial charge in [0, 0.05) is 0 Å². The Balaban J connectivity index is 1.39. The zero-order valence-electron chi connectivity index (χ0n) is 21.1. The fourth-order valence-electron chi connectivity index (χ4n) is 5.40. The maximum absolute atomic E-state index is 12.1. The van der Waals surface area contributed by atoms with Crippen molar-refractivity contribution in [3.63, 3.8) is 0 Å². The largest absolute Gasteiger partial charge is 0.482 e. The fourth-order valence-corrected chi connectivity index (χ4v) is 5.40. The number of carboxylic acid groups (broad SMARTS) is 1. The van der Waals surface area contributed by atoms with Crippen molar-refractivity contribution in [1.29, 1.82) is 0 Å². The van der Waals surface area contributed by atoms with Crippen molar-refractivity contribution in [1.82, 2.24) is 0 Å².